The molecule has 0 saturated heterocycles. The van der Waals surface area contributed by atoms with Crippen molar-refractivity contribution in [2.75, 3.05) is 7.11 Å². The van der Waals surface area contributed by atoms with Crippen molar-refractivity contribution in [3.63, 3.8) is 0 Å². The second kappa shape index (κ2) is 5.56. The van der Waals surface area contributed by atoms with Crippen LogP contribution in [0.25, 0.3) is 0 Å². The summed E-state index contributed by atoms with van der Waals surface area (Å²) in [6.45, 7) is 0. The number of nitriles is 1. The third-order valence-corrected chi connectivity index (χ3v) is 2.74. The van der Waals surface area contributed by atoms with Gasteiger partial charge in [0.2, 0.25) is 0 Å². The Morgan fingerprint density at radius 1 is 1.06 bits per heavy atom. The fourth-order valence-corrected chi connectivity index (χ4v) is 1.96. The predicted molar refractivity (Wildman–Crippen MR) is 71.9 cm³/mol. The van der Waals surface area contributed by atoms with Crippen molar-refractivity contribution < 1.29 is 9.47 Å². The van der Waals surface area contributed by atoms with Crippen LogP contribution in [0, 0.1) is 11.3 Å². The third kappa shape index (κ3) is 3.02. The molecule has 0 fully saturated rings. The molecule has 0 bridgehead atoms. The molecule has 0 aliphatic rings. The minimum absolute atomic E-state index is 0.544. The summed E-state index contributed by atoms with van der Waals surface area (Å²) < 4.78 is 11.6. The highest BCUT2D eigenvalue weighted by Gasteiger charge is 2.02. The van der Waals surface area contributed by atoms with Gasteiger partial charge in [-0.25, -0.2) is 0 Å². The zero-order valence-corrected chi connectivity index (χ0v) is 11.3. The van der Waals surface area contributed by atoms with Crippen molar-refractivity contribution in [3.8, 4) is 23.3 Å². The Labute approximate surface area is 114 Å². The Morgan fingerprint density at radius 3 is 2.56 bits per heavy atom. The Kier molecular flexibility index (Phi) is 3.85. The van der Waals surface area contributed by atoms with Gasteiger partial charge in [0.1, 0.15) is 17.2 Å². The molecule has 0 amide bonds. The van der Waals surface area contributed by atoms with Crippen LogP contribution < -0.4 is 9.47 Å². The van der Waals surface area contributed by atoms with Crippen molar-refractivity contribution in [3.05, 3.63) is 52.5 Å². The lowest BCUT2D eigenvalue weighted by molar-refractivity contribution is 0.409. The van der Waals surface area contributed by atoms with Crippen LogP contribution >= 0.6 is 15.9 Å². The van der Waals surface area contributed by atoms with Gasteiger partial charge < -0.3 is 9.47 Å². The standard InChI is InChI=1S/C14H10BrNO2/c1-17-12-3-2-4-13(8-12)18-14-6-10(9-16)5-11(15)7-14/h2-8H,1H3. The molecule has 2 aromatic rings. The molecule has 0 saturated carbocycles. The van der Waals surface area contributed by atoms with Crippen molar-refractivity contribution in [1.29, 1.82) is 5.26 Å². The number of benzene rings is 2. The van der Waals surface area contributed by atoms with Gasteiger partial charge in [-0.15, -0.1) is 0 Å². The van der Waals surface area contributed by atoms with Crippen LogP contribution in [0.3, 0.4) is 0 Å². The third-order valence-electron chi connectivity index (χ3n) is 2.28. The topological polar surface area (TPSA) is 42.2 Å². The first-order valence-corrected chi connectivity index (χ1v) is 6.03. The zero-order chi connectivity index (χ0) is 13.0. The van der Waals surface area contributed by atoms with Gasteiger partial charge in [-0.3, -0.25) is 0 Å². The lowest BCUT2D eigenvalue weighted by atomic mass is 10.2. The highest BCUT2D eigenvalue weighted by molar-refractivity contribution is 9.10. The first-order chi connectivity index (χ1) is 8.71. The average Bonchev–Trinajstić information content (AvgIpc) is 2.38. The molecule has 0 atom stereocenters. The van der Waals surface area contributed by atoms with Gasteiger partial charge in [-0.1, -0.05) is 22.0 Å². The summed E-state index contributed by atoms with van der Waals surface area (Å²) in [6.07, 6.45) is 0. The molecule has 2 rings (SSSR count). The van der Waals surface area contributed by atoms with Crippen LogP contribution in [0.1, 0.15) is 5.56 Å². The van der Waals surface area contributed by atoms with E-state index in [1.807, 2.05) is 18.2 Å². The number of ether oxygens (including phenoxy) is 2. The summed E-state index contributed by atoms with van der Waals surface area (Å²) >= 11 is 3.34. The van der Waals surface area contributed by atoms with Gasteiger partial charge in [0.05, 0.1) is 18.7 Å². The zero-order valence-electron chi connectivity index (χ0n) is 9.68. The lowest BCUT2D eigenvalue weighted by Gasteiger charge is -2.08. The molecular weight excluding hydrogens is 294 g/mol. The van der Waals surface area contributed by atoms with Crippen LogP contribution in [-0.2, 0) is 0 Å². The highest BCUT2D eigenvalue weighted by atomic mass is 79.9. The molecule has 0 aromatic heterocycles. The molecule has 18 heavy (non-hydrogen) atoms. The van der Waals surface area contributed by atoms with Crippen molar-refractivity contribution >= 4 is 15.9 Å². The molecule has 3 nitrogen and oxygen atoms in total. The maximum absolute atomic E-state index is 8.89. The molecule has 4 heteroatoms. The lowest BCUT2D eigenvalue weighted by Crippen LogP contribution is -1.87. The van der Waals surface area contributed by atoms with Gasteiger partial charge in [-0.05, 0) is 30.3 Å². The first-order valence-electron chi connectivity index (χ1n) is 5.24. The summed E-state index contributed by atoms with van der Waals surface area (Å²) in [6, 6.07) is 14.6. The minimum atomic E-state index is 0.544. The van der Waals surface area contributed by atoms with Crippen LogP contribution in [-0.4, -0.2) is 7.11 Å². The maximum atomic E-state index is 8.89. The van der Waals surface area contributed by atoms with E-state index in [0.717, 1.165) is 10.2 Å². The van der Waals surface area contributed by atoms with Gasteiger partial charge in [0.15, 0.2) is 0 Å². The van der Waals surface area contributed by atoms with Crippen LogP contribution in [0.15, 0.2) is 46.9 Å². The summed E-state index contributed by atoms with van der Waals surface area (Å²) in [5.41, 5.74) is 0.544. The number of hydrogen-bond acceptors (Lipinski definition) is 3. The van der Waals surface area contributed by atoms with Gasteiger partial charge in [0, 0.05) is 10.5 Å². The Bertz CT molecular complexity index is 605. The number of rotatable bonds is 3. The summed E-state index contributed by atoms with van der Waals surface area (Å²) in [5, 5.41) is 8.89. The van der Waals surface area contributed by atoms with E-state index in [4.69, 9.17) is 14.7 Å². The van der Waals surface area contributed by atoms with Crippen molar-refractivity contribution in [1.82, 2.24) is 0 Å². The maximum Gasteiger partial charge on any atom is 0.131 e. The molecule has 0 aliphatic carbocycles. The molecule has 90 valence electrons. The molecule has 0 aliphatic heterocycles. The Morgan fingerprint density at radius 2 is 1.83 bits per heavy atom. The van der Waals surface area contributed by atoms with E-state index in [1.54, 1.807) is 31.4 Å². The van der Waals surface area contributed by atoms with Gasteiger partial charge in [0.25, 0.3) is 0 Å². The van der Waals surface area contributed by atoms with Crippen molar-refractivity contribution in [2.24, 2.45) is 0 Å². The average molecular weight is 304 g/mol. The van der Waals surface area contributed by atoms with Crippen LogP contribution in [0.2, 0.25) is 0 Å². The summed E-state index contributed by atoms with van der Waals surface area (Å²) in [5.74, 6) is 1.99. The molecule has 0 heterocycles. The number of halogens is 1. The molecule has 0 spiro atoms. The van der Waals surface area contributed by atoms with E-state index < -0.39 is 0 Å². The second-order valence-corrected chi connectivity index (χ2v) is 4.48. The fraction of sp³-hybridized carbons (Fsp3) is 0.0714. The number of nitrogens with zero attached hydrogens (tertiary/aromatic N) is 1. The normalized spacial score (nSPS) is 9.61. The molecular formula is C14H10BrNO2. The van der Waals surface area contributed by atoms with E-state index in [1.165, 1.54) is 0 Å². The second-order valence-electron chi connectivity index (χ2n) is 3.57. The fourth-order valence-electron chi connectivity index (χ4n) is 1.49. The van der Waals surface area contributed by atoms with Crippen LogP contribution in [0.5, 0.6) is 17.2 Å². The van der Waals surface area contributed by atoms with Crippen LogP contribution in [0.4, 0.5) is 0 Å². The van der Waals surface area contributed by atoms with E-state index in [9.17, 15) is 0 Å². The van der Waals surface area contributed by atoms with Gasteiger partial charge >= 0.3 is 0 Å². The summed E-state index contributed by atoms with van der Waals surface area (Å²) in [7, 11) is 1.60. The van der Waals surface area contributed by atoms with E-state index in [0.29, 0.717) is 17.1 Å². The van der Waals surface area contributed by atoms with Crippen molar-refractivity contribution in [2.45, 2.75) is 0 Å². The van der Waals surface area contributed by atoms with Gasteiger partial charge in [-0.2, -0.15) is 5.26 Å². The Balaban J connectivity index is 2.28. The smallest absolute Gasteiger partial charge is 0.131 e. The largest absolute Gasteiger partial charge is 0.497 e. The van der Waals surface area contributed by atoms with E-state index >= 15 is 0 Å². The monoisotopic (exact) mass is 303 g/mol. The minimum Gasteiger partial charge on any atom is -0.497 e. The van der Waals surface area contributed by atoms with E-state index in [2.05, 4.69) is 22.0 Å². The molecule has 2 aromatic carbocycles. The quantitative estimate of drug-likeness (QED) is 0.856. The number of hydrogen-bond donors (Lipinski definition) is 0. The van der Waals surface area contributed by atoms with E-state index in [-0.39, 0.29) is 0 Å². The molecule has 0 radical (unpaired) electrons. The SMILES string of the molecule is COc1cccc(Oc2cc(Br)cc(C#N)c2)c1. The first kappa shape index (κ1) is 12.5. The summed E-state index contributed by atoms with van der Waals surface area (Å²) in [4.78, 5) is 0. The molecule has 0 unspecified atom stereocenters. The highest BCUT2D eigenvalue weighted by Crippen LogP contribution is 2.28. The molecule has 0 N–H and O–H groups in total. The number of methoxy groups -OCH3 is 1. The Hall–Kier alpha value is -1.99. The predicted octanol–water partition coefficient (Wildman–Crippen LogP) is 4.12.